The van der Waals surface area contributed by atoms with E-state index in [9.17, 15) is 4.39 Å². The molecule has 2 aromatic carbocycles. The summed E-state index contributed by atoms with van der Waals surface area (Å²) in [5, 5.41) is 13.2. The second-order valence-corrected chi connectivity index (χ2v) is 7.57. The van der Waals surface area contributed by atoms with Gasteiger partial charge in [0.2, 0.25) is 5.82 Å². The SMILES string of the molecule is Fc1ccccc1N1CCN(c2ccc(-c3nc(-c4ccc(Cl)cc4)no3)nn2)CC1. The number of hydrogen-bond acceptors (Lipinski definition) is 7. The van der Waals surface area contributed by atoms with Gasteiger partial charge in [0.1, 0.15) is 5.82 Å². The zero-order valence-electron chi connectivity index (χ0n) is 16.4. The van der Waals surface area contributed by atoms with Crippen LogP contribution in [0.2, 0.25) is 5.02 Å². The number of piperazine rings is 1. The highest BCUT2D eigenvalue weighted by Gasteiger charge is 2.21. The van der Waals surface area contributed by atoms with E-state index in [0.29, 0.717) is 41.2 Å². The van der Waals surface area contributed by atoms with Gasteiger partial charge in [-0.05, 0) is 48.5 Å². The minimum Gasteiger partial charge on any atom is -0.366 e. The first kappa shape index (κ1) is 19.4. The minimum atomic E-state index is -0.197. The van der Waals surface area contributed by atoms with E-state index in [2.05, 4.69) is 25.2 Å². The van der Waals surface area contributed by atoms with Crippen molar-refractivity contribution in [2.75, 3.05) is 36.0 Å². The number of halogens is 2. The van der Waals surface area contributed by atoms with E-state index in [1.807, 2.05) is 41.3 Å². The molecule has 0 aliphatic carbocycles. The molecule has 1 aliphatic rings. The molecule has 0 saturated carbocycles. The number of nitrogens with zero attached hydrogens (tertiary/aromatic N) is 6. The van der Waals surface area contributed by atoms with E-state index < -0.39 is 0 Å². The molecule has 0 N–H and O–H groups in total. The third kappa shape index (κ3) is 4.06. The van der Waals surface area contributed by atoms with Crippen LogP contribution >= 0.6 is 11.6 Å². The summed E-state index contributed by atoms with van der Waals surface area (Å²) >= 11 is 5.92. The van der Waals surface area contributed by atoms with Gasteiger partial charge in [-0.15, -0.1) is 10.2 Å². The average Bonchev–Trinajstić information content (AvgIpc) is 3.31. The predicted octanol–water partition coefficient (Wildman–Crippen LogP) is 4.31. The summed E-state index contributed by atoms with van der Waals surface area (Å²) in [4.78, 5) is 8.57. The van der Waals surface area contributed by atoms with Crippen LogP contribution in [0.4, 0.5) is 15.9 Å². The Morgan fingerprint density at radius 3 is 2.29 bits per heavy atom. The quantitative estimate of drug-likeness (QED) is 0.472. The van der Waals surface area contributed by atoms with Gasteiger partial charge in [0.15, 0.2) is 11.5 Å². The summed E-state index contributed by atoms with van der Waals surface area (Å²) in [6.45, 7) is 2.87. The molecule has 1 fully saturated rings. The van der Waals surface area contributed by atoms with Crippen LogP contribution in [-0.2, 0) is 0 Å². The van der Waals surface area contributed by atoms with Gasteiger partial charge in [0.05, 0.1) is 5.69 Å². The molecule has 31 heavy (non-hydrogen) atoms. The number of aromatic nitrogens is 4. The summed E-state index contributed by atoms with van der Waals surface area (Å²) < 4.78 is 19.4. The van der Waals surface area contributed by atoms with Crippen LogP contribution in [0, 0.1) is 5.82 Å². The van der Waals surface area contributed by atoms with Gasteiger partial charge in [0.25, 0.3) is 5.89 Å². The maximum Gasteiger partial charge on any atom is 0.278 e. The fraction of sp³-hybridized carbons (Fsp3) is 0.182. The van der Waals surface area contributed by atoms with E-state index in [4.69, 9.17) is 16.1 Å². The Balaban J connectivity index is 1.26. The lowest BCUT2D eigenvalue weighted by Crippen LogP contribution is -2.47. The highest BCUT2D eigenvalue weighted by atomic mass is 35.5. The van der Waals surface area contributed by atoms with Crippen LogP contribution in [0.3, 0.4) is 0 Å². The smallest absolute Gasteiger partial charge is 0.278 e. The molecule has 9 heteroatoms. The maximum absolute atomic E-state index is 14.0. The molecule has 2 aromatic heterocycles. The average molecular weight is 437 g/mol. The summed E-state index contributed by atoms with van der Waals surface area (Å²) in [7, 11) is 0. The topological polar surface area (TPSA) is 71.2 Å². The van der Waals surface area contributed by atoms with Crippen LogP contribution in [-0.4, -0.2) is 46.5 Å². The van der Waals surface area contributed by atoms with Crippen LogP contribution in [0.15, 0.2) is 65.2 Å². The molecular formula is C22H18ClFN6O. The van der Waals surface area contributed by atoms with Crippen molar-refractivity contribution in [2.24, 2.45) is 0 Å². The molecule has 7 nitrogen and oxygen atoms in total. The number of hydrogen-bond donors (Lipinski definition) is 0. The molecule has 0 bridgehead atoms. The van der Waals surface area contributed by atoms with E-state index >= 15 is 0 Å². The van der Waals surface area contributed by atoms with Crippen molar-refractivity contribution in [1.82, 2.24) is 20.3 Å². The Morgan fingerprint density at radius 2 is 1.58 bits per heavy atom. The molecule has 0 amide bonds. The zero-order chi connectivity index (χ0) is 21.2. The predicted molar refractivity (Wildman–Crippen MR) is 117 cm³/mol. The first-order chi connectivity index (χ1) is 15.2. The van der Waals surface area contributed by atoms with Crippen molar-refractivity contribution in [3.05, 3.63) is 71.5 Å². The second kappa shape index (κ2) is 8.31. The standard InChI is InChI=1S/C22H18ClFN6O/c23-16-7-5-15(6-8-16)21-25-22(31-28-21)18-9-10-20(27-26-18)30-13-11-29(12-14-30)19-4-2-1-3-17(19)24/h1-10H,11-14H2. The molecule has 1 aliphatic heterocycles. The largest absolute Gasteiger partial charge is 0.366 e. The van der Waals surface area contributed by atoms with Crippen LogP contribution in [0.1, 0.15) is 0 Å². The van der Waals surface area contributed by atoms with Crippen LogP contribution in [0.5, 0.6) is 0 Å². The lowest BCUT2D eigenvalue weighted by Gasteiger charge is -2.36. The van der Waals surface area contributed by atoms with E-state index in [0.717, 1.165) is 24.5 Å². The number of benzene rings is 2. The Hall–Kier alpha value is -3.52. The monoisotopic (exact) mass is 436 g/mol. The maximum atomic E-state index is 14.0. The third-order valence-electron chi connectivity index (χ3n) is 5.19. The Morgan fingerprint density at radius 1 is 0.839 bits per heavy atom. The number of para-hydroxylation sites is 1. The lowest BCUT2D eigenvalue weighted by molar-refractivity contribution is 0.430. The van der Waals surface area contributed by atoms with Gasteiger partial charge in [-0.1, -0.05) is 28.9 Å². The van der Waals surface area contributed by atoms with Crippen molar-refractivity contribution in [2.45, 2.75) is 0 Å². The molecule has 1 saturated heterocycles. The molecule has 156 valence electrons. The van der Waals surface area contributed by atoms with Crippen molar-refractivity contribution < 1.29 is 8.91 Å². The first-order valence-electron chi connectivity index (χ1n) is 9.85. The highest BCUT2D eigenvalue weighted by Crippen LogP contribution is 2.24. The first-order valence-corrected chi connectivity index (χ1v) is 10.2. The van der Waals surface area contributed by atoms with E-state index in [1.165, 1.54) is 6.07 Å². The number of rotatable bonds is 4. The molecular weight excluding hydrogens is 419 g/mol. The summed E-state index contributed by atoms with van der Waals surface area (Å²) in [5.74, 6) is 1.32. The molecule has 3 heterocycles. The van der Waals surface area contributed by atoms with Gasteiger partial charge in [-0.25, -0.2) is 4.39 Å². The summed E-state index contributed by atoms with van der Waals surface area (Å²) in [6.07, 6.45) is 0. The fourth-order valence-corrected chi connectivity index (χ4v) is 3.66. The van der Waals surface area contributed by atoms with Gasteiger partial charge in [0, 0.05) is 36.8 Å². The van der Waals surface area contributed by atoms with Gasteiger partial charge >= 0.3 is 0 Å². The van der Waals surface area contributed by atoms with Crippen LogP contribution in [0.25, 0.3) is 23.0 Å². The van der Waals surface area contributed by atoms with E-state index in [1.54, 1.807) is 18.2 Å². The fourth-order valence-electron chi connectivity index (χ4n) is 3.54. The van der Waals surface area contributed by atoms with Crippen molar-refractivity contribution in [3.63, 3.8) is 0 Å². The molecule has 0 spiro atoms. The Kier molecular flexibility index (Phi) is 5.21. The third-order valence-corrected chi connectivity index (χ3v) is 5.45. The van der Waals surface area contributed by atoms with Gasteiger partial charge < -0.3 is 14.3 Å². The number of anilines is 2. The van der Waals surface area contributed by atoms with Crippen LogP contribution < -0.4 is 9.80 Å². The molecule has 0 unspecified atom stereocenters. The summed E-state index contributed by atoms with van der Waals surface area (Å²) in [5.41, 5.74) is 1.94. The Bertz CT molecular complexity index is 1170. The molecule has 0 atom stereocenters. The Labute approximate surface area is 183 Å². The van der Waals surface area contributed by atoms with Crippen molar-refractivity contribution in [1.29, 1.82) is 0 Å². The highest BCUT2D eigenvalue weighted by molar-refractivity contribution is 6.30. The van der Waals surface area contributed by atoms with Gasteiger partial charge in [-0.2, -0.15) is 4.98 Å². The molecule has 0 radical (unpaired) electrons. The minimum absolute atomic E-state index is 0.197. The van der Waals surface area contributed by atoms with E-state index in [-0.39, 0.29) is 5.82 Å². The lowest BCUT2D eigenvalue weighted by atomic mass is 10.2. The molecule has 5 rings (SSSR count). The second-order valence-electron chi connectivity index (χ2n) is 7.13. The molecule has 4 aromatic rings. The van der Waals surface area contributed by atoms with Crippen molar-refractivity contribution in [3.8, 4) is 23.0 Å². The normalized spacial score (nSPS) is 14.1. The van der Waals surface area contributed by atoms with Gasteiger partial charge in [-0.3, -0.25) is 0 Å². The van der Waals surface area contributed by atoms with Crippen molar-refractivity contribution >= 4 is 23.1 Å². The zero-order valence-corrected chi connectivity index (χ0v) is 17.2. The summed E-state index contributed by atoms with van der Waals surface area (Å²) in [6, 6.07) is 17.7.